The predicted molar refractivity (Wildman–Crippen MR) is 83.0 cm³/mol. The summed E-state index contributed by atoms with van der Waals surface area (Å²) in [5.74, 6) is -0.179. The van der Waals surface area contributed by atoms with E-state index in [0.717, 1.165) is 30.6 Å². The number of amides is 1. The quantitative estimate of drug-likeness (QED) is 0.812. The molecule has 1 amide bonds. The Morgan fingerprint density at radius 3 is 2.59 bits per heavy atom. The normalized spacial score (nSPS) is 17.2. The first-order valence-electron chi connectivity index (χ1n) is 7.61. The van der Waals surface area contributed by atoms with Gasteiger partial charge in [0, 0.05) is 6.42 Å². The summed E-state index contributed by atoms with van der Waals surface area (Å²) in [6.07, 6.45) is 2.78. The van der Waals surface area contributed by atoms with Gasteiger partial charge in [-0.3, -0.25) is 9.59 Å². The molecular formula is C17H23NO4. The fourth-order valence-corrected chi connectivity index (χ4v) is 3.05. The van der Waals surface area contributed by atoms with Crippen LogP contribution in [-0.2, 0) is 9.59 Å². The van der Waals surface area contributed by atoms with Crippen molar-refractivity contribution in [1.29, 1.82) is 0 Å². The van der Waals surface area contributed by atoms with Crippen molar-refractivity contribution in [2.75, 3.05) is 7.11 Å². The van der Waals surface area contributed by atoms with E-state index in [1.54, 1.807) is 7.11 Å². The summed E-state index contributed by atoms with van der Waals surface area (Å²) >= 11 is 0. The summed E-state index contributed by atoms with van der Waals surface area (Å²) < 4.78 is 5.32. The van der Waals surface area contributed by atoms with Gasteiger partial charge in [-0.25, -0.2) is 0 Å². The molecule has 0 bridgehead atoms. The lowest BCUT2D eigenvalue weighted by Crippen LogP contribution is -2.54. The minimum absolute atomic E-state index is 0.00176. The van der Waals surface area contributed by atoms with Crippen molar-refractivity contribution in [1.82, 2.24) is 5.32 Å². The lowest BCUT2D eigenvalue weighted by molar-refractivity contribution is -0.140. The Hall–Kier alpha value is -2.04. The van der Waals surface area contributed by atoms with E-state index in [0.29, 0.717) is 6.42 Å². The van der Waals surface area contributed by atoms with Crippen LogP contribution in [0.3, 0.4) is 0 Å². The van der Waals surface area contributed by atoms with Crippen LogP contribution in [0.15, 0.2) is 24.3 Å². The number of hydrogen-bond donors (Lipinski definition) is 2. The summed E-state index contributed by atoms with van der Waals surface area (Å²) in [6, 6.07) is 7.64. The Labute approximate surface area is 130 Å². The van der Waals surface area contributed by atoms with Crippen LogP contribution in [0.25, 0.3) is 0 Å². The third-order valence-corrected chi connectivity index (χ3v) is 4.37. The molecule has 1 fully saturated rings. The number of hydrogen-bond acceptors (Lipinski definition) is 3. The predicted octanol–water partition coefficient (Wildman–Crippen LogP) is 2.70. The molecule has 0 aromatic heterocycles. The van der Waals surface area contributed by atoms with Gasteiger partial charge in [0.2, 0.25) is 5.91 Å². The fourth-order valence-electron chi connectivity index (χ4n) is 3.05. The van der Waals surface area contributed by atoms with Gasteiger partial charge in [0.05, 0.1) is 19.1 Å². The molecule has 0 aliphatic heterocycles. The van der Waals surface area contributed by atoms with Gasteiger partial charge in [-0.05, 0) is 36.8 Å². The molecule has 0 spiro atoms. The van der Waals surface area contributed by atoms with Crippen LogP contribution < -0.4 is 10.1 Å². The van der Waals surface area contributed by atoms with Crippen LogP contribution in [0, 0.1) is 0 Å². The van der Waals surface area contributed by atoms with Crippen molar-refractivity contribution in [2.45, 2.75) is 50.5 Å². The van der Waals surface area contributed by atoms with Crippen molar-refractivity contribution in [3.8, 4) is 5.75 Å². The average Bonchev–Trinajstić information content (AvgIpc) is 2.44. The van der Waals surface area contributed by atoms with E-state index in [-0.39, 0.29) is 18.2 Å². The molecular weight excluding hydrogens is 282 g/mol. The molecule has 1 unspecified atom stereocenters. The Bertz CT molecular complexity index is 551. The smallest absolute Gasteiger partial charge is 0.305 e. The Balaban J connectivity index is 1.98. The molecule has 1 aliphatic carbocycles. The highest BCUT2D eigenvalue weighted by atomic mass is 16.5. The number of nitrogens with one attached hydrogen (secondary N) is 1. The second kappa shape index (κ2) is 6.81. The van der Waals surface area contributed by atoms with Crippen molar-refractivity contribution in [3.63, 3.8) is 0 Å². The van der Waals surface area contributed by atoms with Gasteiger partial charge in [-0.15, -0.1) is 0 Å². The van der Waals surface area contributed by atoms with Crippen molar-refractivity contribution < 1.29 is 19.4 Å². The third-order valence-electron chi connectivity index (χ3n) is 4.37. The number of carbonyl (C=O) groups is 2. The second-order valence-electron chi connectivity index (χ2n) is 6.10. The number of rotatable bonds is 7. The number of carbonyl (C=O) groups excluding carboxylic acids is 1. The maximum atomic E-state index is 12.3. The van der Waals surface area contributed by atoms with Crippen LogP contribution in [0.1, 0.15) is 50.5 Å². The minimum Gasteiger partial charge on any atom is -0.496 e. The van der Waals surface area contributed by atoms with Crippen molar-refractivity contribution in [3.05, 3.63) is 29.8 Å². The van der Waals surface area contributed by atoms with Crippen molar-refractivity contribution in [2.24, 2.45) is 0 Å². The van der Waals surface area contributed by atoms with Gasteiger partial charge in [0.25, 0.3) is 0 Å². The van der Waals surface area contributed by atoms with E-state index in [9.17, 15) is 9.59 Å². The summed E-state index contributed by atoms with van der Waals surface area (Å²) in [5.41, 5.74) is 0.449. The molecule has 2 rings (SSSR count). The average molecular weight is 305 g/mol. The highest BCUT2D eigenvalue weighted by Gasteiger charge is 2.40. The van der Waals surface area contributed by atoms with Gasteiger partial charge in [0.1, 0.15) is 5.75 Å². The minimum atomic E-state index is -0.863. The summed E-state index contributed by atoms with van der Waals surface area (Å²) in [4.78, 5) is 23.2. The standard InChI is InChI=1S/C17H23NO4/c1-12(13-6-3-4-7-14(13)22-2)10-15(19)18-17(8-5-9-17)11-16(20)21/h3-4,6-7,12H,5,8-11H2,1-2H3,(H,18,19)(H,20,21). The van der Waals surface area contributed by atoms with Crippen LogP contribution in [-0.4, -0.2) is 29.6 Å². The van der Waals surface area contributed by atoms with E-state index >= 15 is 0 Å². The molecule has 0 radical (unpaired) electrons. The topological polar surface area (TPSA) is 75.6 Å². The monoisotopic (exact) mass is 305 g/mol. The molecule has 120 valence electrons. The van der Waals surface area contributed by atoms with Gasteiger partial charge in [0.15, 0.2) is 0 Å². The molecule has 1 aromatic rings. The third kappa shape index (κ3) is 3.78. The maximum absolute atomic E-state index is 12.3. The molecule has 5 heteroatoms. The summed E-state index contributed by atoms with van der Waals surface area (Å²) in [7, 11) is 1.61. The highest BCUT2D eigenvalue weighted by Crippen LogP contribution is 2.35. The van der Waals surface area contributed by atoms with Crippen molar-refractivity contribution >= 4 is 11.9 Å². The number of methoxy groups -OCH3 is 1. The number of carboxylic acids is 1. The lowest BCUT2D eigenvalue weighted by atomic mass is 9.74. The van der Waals surface area contributed by atoms with Gasteiger partial charge in [-0.1, -0.05) is 25.1 Å². The first-order chi connectivity index (χ1) is 10.5. The largest absolute Gasteiger partial charge is 0.496 e. The zero-order valence-electron chi connectivity index (χ0n) is 13.1. The zero-order valence-corrected chi connectivity index (χ0v) is 13.1. The van der Waals surface area contributed by atoms with Crippen LogP contribution >= 0.6 is 0 Å². The molecule has 0 saturated heterocycles. The first-order valence-corrected chi connectivity index (χ1v) is 7.61. The molecule has 0 heterocycles. The zero-order chi connectivity index (χ0) is 16.2. The van der Waals surface area contributed by atoms with Gasteiger partial charge in [-0.2, -0.15) is 0 Å². The highest BCUT2D eigenvalue weighted by molar-refractivity contribution is 5.79. The molecule has 1 aliphatic rings. The Morgan fingerprint density at radius 2 is 2.05 bits per heavy atom. The molecule has 2 N–H and O–H groups in total. The van der Waals surface area contributed by atoms with E-state index in [2.05, 4.69) is 5.32 Å². The number of ether oxygens (including phenoxy) is 1. The summed E-state index contributed by atoms with van der Waals surface area (Å²) in [5, 5.41) is 11.9. The fraction of sp³-hybridized carbons (Fsp3) is 0.529. The molecule has 1 atom stereocenters. The molecule has 1 saturated carbocycles. The Kier molecular flexibility index (Phi) is 5.06. The van der Waals surface area contributed by atoms with E-state index < -0.39 is 11.5 Å². The number of para-hydroxylation sites is 1. The van der Waals surface area contributed by atoms with Crippen LogP contribution in [0.4, 0.5) is 0 Å². The first kappa shape index (κ1) is 16.3. The second-order valence-corrected chi connectivity index (χ2v) is 6.10. The maximum Gasteiger partial charge on any atom is 0.305 e. The van der Waals surface area contributed by atoms with Crippen LogP contribution in [0.5, 0.6) is 5.75 Å². The van der Waals surface area contributed by atoms with E-state index in [4.69, 9.17) is 9.84 Å². The molecule has 5 nitrogen and oxygen atoms in total. The van der Waals surface area contributed by atoms with Gasteiger partial charge >= 0.3 is 5.97 Å². The lowest BCUT2D eigenvalue weighted by Gasteiger charge is -2.41. The van der Waals surface area contributed by atoms with E-state index in [1.807, 2.05) is 31.2 Å². The Morgan fingerprint density at radius 1 is 1.36 bits per heavy atom. The van der Waals surface area contributed by atoms with Gasteiger partial charge < -0.3 is 15.2 Å². The SMILES string of the molecule is COc1ccccc1C(C)CC(=O)NC1(CC(=O)O)CCC1. The van der Waals surface area contributed by atoms with Crippen LogP contribution in [0.2, 0.25) is 0 Å². The number of aliphatic carboxylic acids is 1. The van der Waals surface area contributed by atoms with E-state index in [1.165, 1.54) is 0 Å². The molecule has 1 aromatic carbocycles. The molecule has 22 heavy (non-hydrogen) atoms. The summed E-state index contributed by atoms with van der Waals surface area (Å²) in [6.45, 7) is 1.97. The number of benzene rings is 1. The number of carboxylic acid groups (broad SMARTS) is 1.